The molecule has 0 aliphatic carbocycles. The first-order chi connectivity index (χ1) is 15.1. The molecule has 1 amide bonds. The highest BCUT2D eigenvalue weighted by molar-refractivity contribution is 7.89. The molecule has 0 aromatic heterocycles. The van der Waals surface area contributed by atoms with Crippen LogP contribution in [0.15, 0.2) is 35.2 Å². The zero-order valence-corrected chi connectivity index (χ0v) is 20.5. The molecule has 174 valence electrons. The molecule has 1 aliphatic heterocycles. The van der Waals surface area contributed by atoms with E-state index in [-0.39, 0.29) is 5.91 Å². The SMILES string of the molecule is COc1ccc(CN(C)C(=O)C2CCCN2S(=O)(=O)c2c(C)cc(C)cc2C)c(OC)c1. The molecule has 32 heavy (non-hydrogen) atoms. The van der Waals surface area contributed by atoms with Crippen LogP contribution >= 0.6 is 0 Å². The second-order valence-corrected chi connectivity index (χ2v) is 10.2. The van der Waals surface area contributed by atoms with E-state index < -0.39 is 16.1 Å². The third-order valence-corrected chi connectivity index (χ3v) is 8.15. The monoisotopic (exact) mass is 460 g/mol. The van der Waals surface area contributed by atoms with E-state index in [0.29, 0.717) is 53.5 Å². The Hall–Kier alpha value is -2.58. The van der Waals surface area contributed by atoms with Crippen LogP contribution in [0.4, 0.5) is 0 Å². The minimum Gasteiger partial charge on any atom is -0.497 e. The van der Waals surface area contributed by atoms with Crippen molar-refractivity contribution in [3.8, 4) is 11.5 Å². The Balaban J connectivity index is 1.86. The molecular formula is C24H32N2O5S. The maximum absolute atomic E-state index is 13.6. The number of ether oxygens (including phenoxy) is 2. The van der Waals surface area contributed by atoms with E-state index in [1.54, 1.807) is 32.2 Å². The van der Waals surface area contributed by atoms with E-state index in [1.165, 1.54) is 4.31 Å². The van der Waals surface area contributed by atoms with Crippen LogP contribution < -0.4 is 9.47 Å². The average Bonchev–Trinajstić information content (AvgIpc) is 3.23. The molecule has 1 atom stereocenters. The minimum atomic E-state index is -3.79. The van der Waals surface area contributed by atoms with Crippen molar-refractivity contribution in [3.05, 3.63) is 52.6 Å². The van der Waals surface area contributed by atoms with Gasteiger partial charge >= 0.3 is 0 Å². The van der Waals surface area contributed by atoms with Gasteiger partial charge in [0.05, 0.1) is 19.1 Å². The van der Waals surface area contributed by atoms with Gasteiger partial charge in [-0.05, 0) is 56.9 Å². The first kappa shape index (κ1) is 24.1. The molecule has 1 fully saturated rings. The zero-order valence-electron chi connectivity index (χ0n) is 19.6. The van der Waals surface area contributed by atoms with Crippen LogP contribution in [0.3, 0.4) is 0 Å². The van der Waals surface area contributed by atoms with E-state index in [9.17, 15) is 13.2 Å². The molecule has 0 spiro atoms. The van der Waals surface area contributed by atoms with E-state index in [4.69, 9.17) is 9.47 Å². The van der Waals surface area contributed by atoms with Crippen molar-refractivity contribution in [3.63, 3.8) is 0 Å². The number of benzene rings is 2. The number of methoxy groups -OCH3 is 2. The van der Waals surface area contributed by atoms with Crippen molar-refractivity contribution in [1.82, 2.24) is 9.21 Å². The van der Waals surface area contributed by atoms with E-state index >= 15 is 0 Å². The lowest BCUT2D eigenvalue weighted by Gasteiger charge is -2.29. The molecule has 1 heterocycles. The molecule has 0 bridgehead atoms. The van der Waals surface area contributed by atoms with Gasteiger partial charge in [0.1, 0.15) is 17.5 Å². The number of sulfonamides is 1. The third-order valence-electron chi connectivity index (χ3n) is 5.94. The molecular weight excluding hydrogens is 428 g/mol. The standard InChI is InChI=1S/C24H32N2O5S/c1-16-12-17(2)23(18(3)13-16)32(28,29)26-11-7-8-21(26)24(27)25(4)15-19-9-10-20(30-5)14-22(19)31-6/h9-10,12-14,21H,7-8,11,15H2,1-6H3. The summed E-state index contributed by atoms with van der Waals surface area (Å²) in [6.07, 6.45) is 1.16. The van der Waals surface area contributed by atoms with Crippen LogP contribution in [0.2, 0.25) is 0 Å². The summed E-state index contributed by atoms with van der Waals surface area (Å²) in [5, 5.41) is 0. The normalized spacial score (nSPS) is 16.8. The van der Waals surface area contributed by atoms with Crippen LogP contribution in [0, 0.1) is 20.8 Å². The van der Waals surface area contributed by atoms with E-state index in [1.807, 2.05) is 45.0 Å². The fourth-order valence-corrected chi connectivity index (χ4v) is 6.60. The Kier molecular flexibility index (Phi) is 7.15. The molecule has 8 heteroatoms. The number of amides is 1. The summed E-state index contributed by atoms with van der Waals surface area (Å²) < 4.78 is 39.2. The van der Waals surface area contributed by atoms with Crippen molar-refractivity contribution in [2.75, 3.05) is 27.8 Å². The number of nitrogens with zero attached hydrogens (tertiary/aromatic N) is 2. The molecule has 1 unspecified atom stereocenters. The number of likely N-dealkylation sites (N-methyl/N-ethyl adjacent to an activating group) is 1. The van der Waals surface area contributed by atoms with Gasteiger partial charge in [-0.1, -0.05) is 17.7 Å². The van der Waals surface area contributed by atoms with Gasteiger partial charge in [-0.3, -0.25) is 4.79 Å². The van der Waals surface area contributed by atoms with E-state index in [0.717, 1.165) is 11.1 Å². The lowest BCUT2D eigenvalue weighted by Crippen LogP contribution is -2.46. The Morgan fingerprint density at radius 1 is 1.09 bits per heavy atom. The Labute approximate surface area is 191 Å². The first-order valence-electron chi connectivity index (χ1n) is 10.7. The Morgan fingerprint density at radius 3 is 2.34 bits per heavy atom. The second-order valence-electron chi connectivity index (χ2n) is 8.37. The molecule has 0 saturated carbocycles. The Morgan fingerprint density at radius 2 is 1.75 bits per heavy atom. The largest absolute Gasteiger partial charge is 0.497 e. The zero-order chi connectivity index (χ0) is 23.6. The third kappa shape index (κ3) is 4.61. The molecule has 2 aromatic rings. The molecule has 1 saturated heterocycles. The number of carbonyl (C=O) groups is 1. The van der Waals surface area contributed by atoms with Gasteiger partial charge in [-0.15, -0.1) is 0 Å². The summed E-state index contributed by atoms with van der Waals surface area (Å²) in [4.78, 5) is 15.2. The number of rotatable bonds is 7. The van der Waals surface area contributed by atoms with E-state index in [2.05, 4.69) is 0 Å². The lowest BCUT2D eigenvalue weighted by atomic mass is 10.1. The van der Waals surface area contributed by atoms with Gasteiger partial charge in [0.15, 0.2) is 0 Å². The fraction of sp³-hybridized carbons (Fsp3) is 0.458. The van der Waals surface area contributed by atoms with Crippen LogP contribution in [0.5, 0.6) is 11.5 Å². The van der Waals surface area contributed by atoms with Gasteiger partial charge in [0.2, 0.25) is 15.9 Å². The summed E-state index contributed by atoms with van der Waals surface area (Å²) in [6.45, 7) is 6.20. The second kappa shape index (κ2) is 9.50. The van der Waals surface area contributed by atoms with Gasteiger partial charge in [0, 0.05) is 31.8 Å². The Bertz CT molecular complexity index is 1090. The van der Waals surface area contributed by atoms with Gasteiger partial charge in [0.25, 0.3) is 0 Å². The summed E-state index contributed by atoms with van der Waals surface area (Å²) in [5.41, 5.74) is 3.25. The summed E-state index contributed by atoms with van der Waals surface area (Å²) in [7, 11) is 1.04. The molecule has 0 radical (unpaired) electrons. The first-order valence-corrected chi connectivity index (χ1v) is 12.1. The number of hydrogen-bond donors (Lipinski definition) is 0. The summed E-state index contributed by atoms with van der Waals surface area (Å²) >= 11 is 0. The molecule has 0 N–H and O–H groups in total. The van der Waals surface area contributed by atoms with Gasteiger partial charge < -0.3 is 14.4 Å². The maximum atomic E-state index is 13.6. The smallest absolute Gasteiger partial charge is 0.244 e. The predicted octanol–water partition coefficient (Wildman–Crippen LogP) is 3.44. The van der Waals surface area contributed by atoms with Crippen molar-refractivity contribution in [2.45, 2.75) is 51.1 Å². The topological polar surface area (TPSA) is 76.2 Å². The van der Waals surface area contributed by atoms with Crippen LogP contribution in [-0.2, 0) is 21.4 Å². The summed E-state index contributed by atoms with van der Waals surface area (Å²) in [5.74, 6) is 1.06. The van der Waals surface area contributed by atoms with Crippen LogP contribution in [0.25, 0.3) is 0 Å². The van der Waals surface area contributed by atoms with Crippen molar-refractivity contribution in [2.24, 2.45) is 0 Å². The quantitative estimate of drug-likeness (QED) is 0.633. The van der Waals surface area contributed by atoms with Gasteiger partial charge in [-0.25, -0.2) is 8.42 Å². The van der Waals surface area contributed by atoms with Crippen molar-refractivity contribution < 1.29 is 22.7 Å². The van der Waals surface area contributed by atoms with Crippen LogP contribution in [0.1, 0.15) is 35.1 Å². The highest BCUT2D eigenvalue weighted by Gasteiger charge is 2.41. The highest BCUT2D eigenvalue weighted by atomic mass is 32.2. The van der Waals surface area contributed by atoms with Gasteiger partial charge in [-0.2, -0.15) is 4.31 Å². The predicted molar refractivity (Wildman–Crippen MR) is 124 cm³/mol. The lowest BCUT2D eigenvalue weighted by molar-refractivity contribution is -0.133. The summed E-state index contributed by atoms with van der Waals surface area (Å²) in [6, 6.07) is 8.45. The average molecular weight is 461 g/mol. The maximum Gasteiger partial charge on any atom is 0.244 e. The fourth-order valence-electron chi connectivity index (χ4n) is 4.54. The van der Waals surface area contributed by atoms with Crippen molar-refractivity contribution >= 4 is 15.9 Å². The number of aryl methyl sites for hydroxylation is 3. The molecule has 2 aromatic carbocycles. The number of carbonyl (C=O) groups excluding carboxylic acids is 1. The highest BCUT2D eigenvalue weighted by Crippen LogP contribution is 2.32. The molecule has 3 rings (SSSR count). The molecule has 1 aliphatic rings. The van der Waals surface area contributed by atoms with Crippen molar-refractivity contribution in [1.29, 1.82) is 0 Å². The van der Waals surface area contributed by atoms with Crippen LogP contribution in [-0.4, -0.2) is 57.4 Å². The minimum absolute atomic E-state index is 0.216. The molecule has 7 nitrogen and oxygen atoms in total. The number of hydrogen-bond acceptors (Lipinski definition) is 5.